The van der Waals surface area contributed by atoms with E-state index < -0.39 is 0 Å². The number of hydrogen-bond acceptors (Lipinski definition) is 1. The highest BCUT2D eigenvalue weighted by molar-refractivity contribution is 5.70. The van der Waals surface area contributed by atoms with Gasteiger partial charge >= 0.3 is 0 Å². The lowest BCUT2D eigenvalue weighted by molar-refractivity contribution is 0.549. The monoisotopic (exact) mass is 269 g/mol. The zero-order valence-corrected chi connectivity index (χ0v) is 12.0. The Hall–Kier alpha value is -1.67. The minimum Gasteiger partial charge on any atom is -0.310 e. The Kier molecular flexibility index (Phi) is 3.58. The maximum Gasteiger partial charge on any atom is 0.126 e. The van der Waals surface area contributed by atoms with Crippen molar-refractivity contribution in [2.75, 3.05) is 6.54 Å². The average molecular weight is 269 g/mol. The Morgan fingerprint density at radius 3 is 2.85 bits per heavy atom. The van der Waals surface area contributed by atoms with Crippen LogP contribution < -0.4 is 5.32 Å². The fraction of sp³-hybridized carbons (Fsp3) is 0.333. The molecule has 1 aliphatic rings. The van der Waals surface area contributed by atoms with Gasteiger partial charge in [0.05, 0.1) is 0 Å². The smallest absolute Gasteiger partial charge is 0.126 e. The van der Waals surface area contributed by atoms with Crippen molar-refractivity contribution in [2.45, 2.75) is 32.7 Å². The molecule has 0 saturated heterocycles. The first-order valence-corrected chi connectivity index (χ1v) is 7.32. The van der Waals surface area contributed by atoms with Crippen LogP contribution in [0.4, 0.5) is 4.39 Å². The van der Waals surface area contributed by atoms with Crippen molar-refractivity contribution in [2.24, 2.45) is 0 Å². The van der Waals surface area contributed by atoms with Crippen LogP contribution in [0.2, 0.25) is 0 Å². The molecule has 2 heteroatoms. The number of halogens is 1. The predicted octanol–water partition coefficient (Wildman–Crippen LogP) is 4.40. The van der Waals surface area contributed by atoms with E-state index in [4.69, 9.17) is 0 Å². The molecule has 0 spiro atoms. The third-order valence-corrected chi connectivity index (χ3v) is 4.19. The summed E-state index contributed by atoms with van der Waals surface area (Å²) in [5.74, 6) is -0.133. The van der Waals surface area contributed by atoms with Crippen LogP contribution in [0.5, 0.6) is 0 Å². The van der Waals surface area contributed by atoms with Crippen LogP contribution in [0, 0.1) is 12.7 Å². The molecule has 0 radical (unpaired) electrons. The molecule has 0 aliphatic heterocycles. The van der Waals surface area contributed by atoms with Crippen LogP contribution in [0.25, 0.3) is 11.1 Å². The van der Waals surface area contributed by atoms with Crippen LogP contribution in [0.15, 0.2) is 36.4 Å². The number of rotatable bonds is 3. The molecule has 20 heavy (non-hydrogen) atoms. The first-order chi connectivity index (χ1) is 9.70. The normalized spacial score (nSPS) is 17.2. The van der Waals surface area contributed by atoms with E-state index in [9.17, 15) is 4.39 Å². The lowest BCUT2D eigenvalue weighted by Crippen LogP contribution is -2.18. The van der Waals surface area contributed by atoms with Gasteiger partial charge in [-0.05, 0) is 66.3 Å². The van der Waals surface area contributed by atoms with E-state index in [2.05, 4.69) is 30.4 Å². The Balaban J connectivity index is 2.05. The summed E-state index contributed by atoms with van der Waals surface area (Å²) in [6.45, 7) is 4.96. The fourth-order valence-electron chi connectivity index (χ4n) is 3.20. The van der Waals surface area contributed by atoms with Crippen molar-refractivity contribution >= 4 is 0 Å². The van der Waals surface area contributed by atoms with Gasteiger partial charge in [-0.2, -0.15) is 0 Å². The molecule has 1 unspecified atom stereocenters. The van der Waals surface area contributed by atoms with Crippen molar-refractivity contribution in [1.29, 1.82) is 0 Å². The van der Waals surface area contributed by atoms with E-state index in [1.807, 2.05) is 19.1 Å². The van der Waals surface area contributed by atoms with Crippen molar-refractivity contribution in [3.05, 3.63) is 58.9 Å². The van der Waals surface area contributed by atoms with Crippen molar-refractivity contribution in [1.82, 2.24) is 5.32 Å². The molecule has 0 bridgehead atoms. The summed E-state index contributed by atoms with van der Waals surface area (Å²) in [5.41, 5.74) is 5.92. The largest absolute Gasteiger partial charge is 0.310 e. The number of aryl methyl sites for hydroxylation is 1. The lowest BCUT2D eigenvalue weighted by atomic mass is 9.95. The fourth-order valence-corrected chi connectivity index (χ4v) is 3.20. The second-order valence-corrected chi connectivity index (χ2v) is 5.49. The predicted molar refractivity (Wildman–Crippen MR) is 81.3 cm³/mol. The molecule has 0 fully saturated rings. The van der Waals surface area contributed by atoms with E-state index in [0.29, 0.717) is 11.6 Å². The van der Waals surface area contributed by atoms with E-state index >= 15 is 0 Å². The Labute approximate surface area is 119 Å². The van der Waals surface area contributed by atoms with E-state index in [1.54, 1.807) is 6.07 Å². The van der Waals surface area contributed by atoms with Gasteiger partial charge in [0.15, 0.2) is 0 Å². The molecular weight excluding hydrogens is 249 g/mol. The van der Waals surface area contributed by atoms with Gasteiger partial charge < -0.3 is 5.32 Å². The molecule has 0 heterocycles. The van der Waals surface area contributed by atoms with Gasteiger partial charge in [0.1, 0.15) is 5.82 Å². The van der Waals surface area contributed by atoms with Crippen LogP contribution in [0.1, 0.15) is 36.1 Å². The molecule has 0 saturated carbocycles. The number of nitrogens with one attached hydrogen (secondary N) is 1. The van der Waals surface area contributed by atoms with Gasteiger partial charge in [-0.3, -0.25) is 0 Å². The maximum absolute atomic E-state index is 13.4. The Morgan fingerprint density at radius 1 is 1.25 bits per heavy atom. The highest BCUT2D eigenvalue weighted by Crippen LogP contribution is 2.37. The SMILES string of the molecule is CCNC1CCc2c(-c3ccc(F)c(C)c3)cccc21. The Morgan fingerprint density at radius 2 is 2.10 bits per heavy atom. The zero-order chi connectivity index (χ0) is 14.1. The molecule has 0 amide bonds. The molecule has 2 aromatic rings. The van der Waals surface area contributed by atoms with Gasteiger partial charge in [0, 0.05) is 6.04 Å². The van der Waals surface area contributed by atoms with Crippen molar-refractivity contribution < 1.29 is 4.39 Å². The van der Waals surface area contributed by atoms with Gasteiger partial charge in [-0.25, -0.2) is 4.39 Å². The second-order valence-electron chi connectivity index (χ2n) is 5.49. The quantitative estimate of drug-likeness (QED) is 0.871. The summed E-state index contributed by atoms with van der Waals surface area (Å²) in [4.78, 5) is 0. The van der Waals surface area contributed by atoms with E-state index in [0.717, 1.165) is 24.9 Å². The highest BCUT2D eigenvalue weighted by atomic mass is 19.1. The third-order valence-electron chi connectivity index (χ3n) is 4.19. The highest BCUT2D eigenvalue weighted by Gasteiger charge is 2.24. The number of benzene rings is 2. The van der Waals surface area contributed by atoms with E-state index in [-0.39, 0.29) is 5.82 Å². The minimum atomic E-state index is -0.133. The molecule has 104 valence electrons. The minimum absolute atomic E-state index is 0.133. The summed E-state index contributed by atoms with van der Waals surface area (Å²) in [6, 6.07) is 12.4. The summed E-state index contributed by atoms with van der Waals surface area (Å²) < 4.78 is 13.4. The van der Waals surface area contributed by atoms with Crippen LogP contribution in [-0.2, 0) is 6.42 Å². The Bertz CT molecular complexity index is 633. The van der Waals surface area contributed by atoms with Gasteiger partial charge in [-0.15, -0.1) is 0 Å². The standard InChI is InChI=1S/C18H20FN/c1-3-20-18-10-8-15-14(5-4-6-16(15)18)13-7-9-17(19)12(2)11-13/h4-7,9,11,18,20H,3,8,10H2,1-2H3. The molecule has 1 atom stereocenters. The van der Waals surface area contributed by atoms with E-state index in [1.165, 1.54) is 16.7 Å². The van der Waals surface area contributed by atoms with Crippen LogP contribution >= 0.6 is 0 Å². The van der Waals surface area contributed by atoms with Crippen LogP contribution in [0.3, 0.4) is 0 Å². The summed E-state index contributed by atoms with van der Waals surface area (Å²) in [7, 11) is 0. The lowest BCUT2D eigenvalue weighted by Gasteiger charge is -2.14. The molecule has 2 aromatic carbocycles. The van der Waals surface area contributed by atoms with Gasteiger partial charge in [0.2, 0.25) is 0 Å². The summed E-state index contributed by atoms with van der Waals surface area (Å²) >= 11 is 0. The maximum atomic E-state index is 13.4. The summed E-state index contributed by atoms with van der Waals surface area (Å²) in [5, 5.41) is 3.54. The van der Waals surface area contributed by atoms with Crippen LogP contribution in [-0.4, -0.2) is 6.54 Å². The topological polar surface area (TPSA) is 12.0 Å². The van der Waals surface area contributed by atoms with Gasteiger partial charge in [-0.1, -0.05) is 31.2 Å². The third kappa shape index (κ3) is 2.25. The van der Waals surface area contributed by atoms with Gasteiger partial charge in [0.25, 0.3) is 0 Å². The number of hydrogen-bond donors (Lipinski definition) is 1. The first-order valence-electron chi connectivity index (χ1n) is 7.32. The first kappa shape index (κ1) is 13.3. The molecule has 1 aliphatic carbocycles. The molecule has 1 nitrogen and oxygen atoms in total. The van der Waals surface area contributed by atoms with Crippen molar-refractivity contribution in [3.63, 3.8) is 0 Å². The molecule has 0 aromatic heterocycles. The molecular formula is C18H20FN. The summed E-state index contributed by atoms with van der Waals surface area (Å²) in [6.07, 6.45) is 2.25. The zero-order valence-electron chi connectivity index (χ0n) is 12.0. The average Bonchev–Trinajstić information content (AvgIpc) is 2.86. The molecule has 3 rings (SSSR count). The number of fused-ring (bicyclic) bond motifs is 1. The second kappa shape index (κ2) is 5.37. The van der Waals surface area contributed by atoms with Crippen molar-refractivity contribution in [3.8, 4) is 11.1 Å². The molecule has 1 N–H and O–H groups in total.